The molecule has 2 rings (SSSR count). The molecule has 1 atom stereocenters. The first kappa shape index (κ1) is 26.2. The molecule has 0 saturated carbocycles. The normalized spacial score (nSPS) is 16.7. The number of ether oxygens (including phenoxy) is 1. The first-order valence-corrected chi connectivity index (χ1v) is 12.6. The SMILES string of the molecule is COCCCNC(=O)C1CCN(C(C)C(=O)Nc2ccc(S(=O)(=O)NC(C)C)cc2)CC1. The molecule has 1 saturated heterocycles. The van der Waals surface area contributed by atoms with Gasteiger partial charge >= 0.3 is 0 Å². The number of amides is 2. The lowest BCUT2D eigenvalue weighted by atomic mass is 9.95. The van der Waals surface area contributed by atoms with Gasteiger partial charge in [0, 0.05) is 37.9 Å². The highest BCUT2D eigenvalue weighted by molar-refractivity contribution is 7.89. The minimum atomic E-state index is -3.57. The maximum absolute atomic E-state index is 12.7. The van der Waals surface area contributed by atoms with E-state index in [2.05, 4.69) is 20.3 Å². The third kappa shape index (κ3) is 7.84. The number of likely N-dealkylation sites (tertiary alicyclic amines) is 1. The van der Waals surface area contributed by atoms with E-state index in [1.165, 1.54) is 12.1 Å². The Hall–Kier alpha value is -2.01. The Morgan fingerprint density at radius 1 is 1.12 bits per heavy atom. The number of sulfonamides is 1. The van der Waals surface area contributed by atoms with Crippen molar-refractivity contribution in [2.24, 2.45) is 5.92 Å². The van der Waals surface area contributed by atoms with E-state index < -0.39 is 10.0 Å². The smallest absolute Gasteiger partial charge is 0.241 e. The van der Waals surface area contributed by atoms with Gasteiger partial charge in [0.05, 0.1) is 10.9 Å². The van der Waals surface area contributed by atoms with Crippen LogP contribution in [-0.2, 0) is 24.3 Å². The van der Waals surface area contributed by atoms with Gasteiger partial charge in [-0.05, 0) is 77.4 Å². The van der Waals surface area contributed by atoms with Gasteiger partial charge < -0.3 is 15.4 Å². The molecule has 0 aromatic heterocycles. The molecule has 9 nitrogen and oxygen atoms in total. The lowest BCUT2D eigenvalue weighted by molar-refractivity contribution is -0.127. The molecular weight excluding hydrogens is 432 g/mol. The Kier molecular flexibility index (Phi) is 10.1. The van der Waals surface area contributed by atoms with Gasteiger partial charge in [0.2, 0.25) is 21.8 Å². The third-order valence-electron chi connectivity index (χ3n) is 5.47. The molecular formula is C22H36N4O5S. The monoisotopic (exact) mass is 468 g/mol. The molecule has 0 bridgehead atoms. The summed E-state index contributed by atoms with van der Waals surface area (Å²) in [5.74, 6) is -0.124. The number of carbonyl (C=O) groups is 2. The molecule has 0 radical (unpaired) electrons. The summed E-state index contributed by atoms with van der Waals surface area (Å²) in [5, 5.41) is 5.79. The fraction of sp³-hybridized carbons (Fsp3) is 0.636. The van der Waals surface area contributed by atoms with Crippen LogP contribution < -0.4 is 15.4 Å². The van der Waals surface area contributed by atoms with Gasteiger partial charge in [0.25, 0.3) is 0 Å². The predicted octanol–water partition coefficient (Wildman–Crippen LogP) is 1.57. The number of nitrogens with one attached hydrogen (secondary N) is 3. The third-order valence-corrected chi connectivity index (χ3v) is 7.15. The summed E-state index contributed by atoms with van der Waals surface area (Å²) in [7, 11) is -1.93. The van der Waals surface area contributed by atoms with E-state index in [4.69, 9.17) is 4.74 Å². The summed E-state index contributed by atoms with van der Waals surface area (Å²) in [6.45, 7) is 7.92. The molecule has 3 N–H and O–H groups in total. The van der Waals surface area contributed by atoms with Gasteiger partial charge in [0.15, 0.2) is 0 Å². The van der Waals surface area contributed by atoms with Gasteiger partial charge in [-0.15, -0.1) is 0 Å². The van der Waals surface area contributed by atoms with Crippen molar-refractivity contribution in [1.29, 1.82) is 0 Å². The number of methoxy groups -OCH3 is 1. The first-order chi connectivity index (χ1) is 15.1. The molecule has 10 heteroatoms. The molecule has 1 aromatic rings. The van der Waals surface area contributed by atoms with Crippen LogP contribution in [-0.4, -0.2) is 70.6 Å². The van der Waals surface area contributed by atoms with Crippen LogP contribution in [0.1, 0.15) is 40.0 Å². The molecule has 180 valence electrons. The number of hydrogen-bond donors (Lipinski definition) is 3. The average Bonchev–Trinajstić information content (AvgIpc) is 2.75. The Labute approximate surface area is 191 Å². The maximum Gasteiger partial charge on any atom is 0.241 e. The number of rotatable bonds is 11. The van der Waals surface area contributed by atoms with E-state index in [1.54, 1.807) is 33.1 Å². The average molecular weight is 469 g/mol. The van der Waals surface area contributed by atoms with Gasteiger partial charge in [-0.3, -0.25) is 14.5 Å². The first-order valence-electron chi connectivity index (χ1n) is 11.1. The minimum Gasteiger partial charge on any atom is -0.385 e. The van der Waals surface area contributed by atoms with E-state index in [-0.39, 0.29) is 34.7 Å². The highest BCUT2D eigenvalue weighted by Gasteiger charge is 2.29. The molecule has 1 heterocycles. The molecule has 1 aliphatic rings. The fourth-order valence-corrected chi connectivity index (χ4v) is 4.88. The van der Waals surface area contributed by atoms with Crippen molar-refractivity contribution in [2.75, 3.05) is 38.7 Å². The second-order valence-corrected chi connectivity index (χ2v) is 10.1. The van der Waals surface area contributed by atoms with Gasteiger partial charge in [-0.2, -0.15) is 0 Å². The Morgan fingerprint density at radius 3 is 2.31 bits per heavy atom. The van der Waals surface area contributed by atoms with Crippen LogP contribution in [0.25, 0.3) is 0 Å². The van der Waals surface area contributed by atoms with Crippen LogP contribution in [0.3, 0.4) is 0 Å². The lowest BCUT2D eigenvalue weighted by Gasteiger charge is -2.34. The zero-order valence-electron chi connectivity index (χ0n) is 19.4. The molecule has 1 unspecified atom stereocenters. The van der Waals surface area contributed by atoms with Crippen LogP contribution in [0, 0.1) is 5.92 Å². The summed E-state index contributed by atoms with van der Waals surface area (Å²) in [4.78, 5) is 27.2. The minimum absolute atomic E-state index is 0.0296. The molecule has 0 aliphatic carbocycles. The van der Waals surface area contributed by atoms with Gasteiger partial charge in [0.1, 0.15) is 0 Å². The van der Waals surface area contributed by atoms with Gasteiger partial charge in [-0.25, -0.2) is 13.1 Å². The quantitative estimate of drug-likeness (QED) is 0.425. The number of piperidine rings is 1. The standard InChI is InChI=1S/C22H36N4O5S/c1-16(2)25-32(29,30)20-8-6-19(7-9-20)24-21(27)17(3)26-13-10-18(11-14-26)22(28)23-12-5-15-31-4/h6-9,16-18,25H,5,10-15H2,1-4H3,(H,23,28)(H,24,27). The summed E-state index contributed by atoms with van der Waals surface area (Å²) in [5.41, 5.74) is 0.538. The van der Waals surface area contributed by atoms with E-state index in [0.717, 1.165) is 6.42 Å². The zero-order chi connectivity index (χ0) is 23.7. The Bertz CT molecular complexity index is 850. The maximum atomic E-state index is 12.7. The Balaban J connectivity index is 1.83. The molecule has 1 aliphatic heterocycles. The van der Waals surface area contributed by atoms with Crippen LogP contribution in [0.2, 0.25) is 0 Å². The van der Waals surface area contributed by atoms with Gasteiger partial charge in [-0.1, -0.05) is 0 Å². The number of benzene rings is 1. The highest BCUT2D eigenvalue weighted by Crippen LogP contribution is 2.20. The highest BCUT2D eigenvalue weighted by atomic mass is 32.2. The zero-order valence-corrected chi connectivity index (χ0v) is 20.2. The molecule has 1 fully saturated rings. The second-order valence-electron chi connectivity index (χ2n) is 8.41. The van der Waals surface area contributed by atoms with Crippen molar-refractivity contribution < 1.29 is 22.7 Å². The van der Waals surface area contributed by atoms with Crippen LogP contribution >= 0.6 is 0 Å². The summed E-state index contributed by atoms with van der Waals surface area (Å²) in [6.07, 6.45) is 2.21. The molecule has 1 aromatic carbocycles. The number of hydrogen-bond acceptors (Lipinski definition) is 6. The van der Waals surface area contributed by atoms with Crippen molar-refractivity contribution in [2.45, 2.75) is 57.0 Å². The molecule has 2 amide bonds. The number of nitrogens with zero attached hydrogens (tertiary/aromatic N) is 1. The second kappa shape index (κ2) is 12.3. The van der Waals surface area contributed by atoms with Crippen LogP contribution in [0.15, 0.2) is 29.2 Å². The largest absolute Gasteiger partial charge is 0.385 e. The van der Waals surface area contributed by atoms with E-state index in [1.807, 2.05) is 6.92 Å². The summed E-state index contributed by atoms with van der Waals surface area (Å²) < 4.78 is 31.9. The number of anilines is 1. The van der Waals surface area contributed by atoms with Crippen molar-refractivity contribution >= 4 is 27.5 Å². The number of carbonyl (C=O) groups excluding carboxylic acids is 2. The molecule has 0 spiro atoms. The Morgan fingerprint density at radius 2 is 1.75 bits per heavy atom. The summed E-state index contributed by atoms with van der Waals surface area (Å²) >= 11 is 0. The van der Waals surface area contributed by atoms with Crippen molar-refractivity contribution in [3.05, 3.63) is 24.3 Å². The predicted molar refractivity (Wildman–Crippen MR) is 124 cm³/mol. The topological polar surface area (TPSA) is 117 Å². The van der Waals surface area contributed by atoms with Crippen molar-refractivity contribution in [3.8, 4) is 0 Å². The van der Waals surface area contributed by atoms with Crippen molar-refractivity contribution in [1.82, 2.24) is 14.9 Å². The van der Waals surface area contributed by atoms with E-state index in [9.17, 15) is 18.0 Å². The lowest BCUT2D eigenvalue weighted by Crippen LogP contribution is -2.48. The van der Waals surface area contributed by atoms with Crippen LogP contribution in [0.4, 0.5) is 5.69 Å². The fourth-order valence-electron chi connectivity index (χ4n) is 3.63. The van der Waals surface area contributed by atoms with E-state index >= 15 is 0 Å². The van der Waals surface area contributed by atoms with E-state index in [0.29, 0.717) is 44.8 Å². The van der Waals surface area contributed by atoms with Crippen LogP contribution in [0.5, 0.6) is 0 Å². The van der Waals surface area contributed by atoms with Crippen molar-refractivity contribution in [3.63, 3.8) is 0 Å². The molecule has 32 heavy (non-hydrogen) atoms. The summed E-state index contributed by atoms with van der Waals surface area (Å²) in [6, 6.07) is 5.56.